The predicted octanol–water partition coefficient (Wildman–Crippen LogP) is 3.66. The van der Waals surface area contributed by atoms with Crippen LogP contribution in [-0.4, -0.2) is 19.2 Å². The molecule has 0 bridgehead atoms. The maximum atomic E-state index is 6.45. The molecule has 2 aromatic heterocycles. The third-order valence-electron chi connectivity index (χ3n) is 4.24. The van der Waals surface area contributed by atoms with Gasteiger partial charge in [0.05, 0.1) is 25.4 Å². The molecule has 4 nitrogen and oxygen atoms in total. The van der Waals surface area contributed by atoms with E-state index in [1.807, 2.05) is 12.1 Å². The molecule has 1 aromatic carbocycles. The smallest absolute Gasteiger partial charge is 0.162 e. The van der Waals surface area contributed by atoms with Gasteiger partial charge in [0.1, 0.15) is 0 Å². The van der Waals surface area contributed by atoms with Crippen LogP contribution in [0.4, 0.5) is 5.69 Å². The van der Waals surface area contributed by atoms with Crippen LogP contribution in [-0.2, 0) is 12.8 Å². The second kappa shape index (κ2) is 4.88. The minimum absolute atomic E-state index is 0.670. The molecule has 22 heavy (non-hydrogen) atoms. The fraction of sp³-hybridized carbons (Fsp3) is 0.235. The monoisotopic (exact) mass is 312 g/mol. The molecule has 112 valence electrons. The van der Waals surface area contributed by atoms with Crippen molar-refractivity contribution < 1.29 is 9.47 Å². The maximum absolute atomic E-state index is 6.45. The highest BCUT2D eigenvalue weighted by Gasteiger charge is 2.23. The number of hydrogen-bond acceptors (Lipinski definition) is 5. The van der Waals surface area contributed by atoms with Crippen molar-refractivity contribution in [2.45, 2.75) is 12.8 Å². The first kappa shape index (κ1) is 13.4. The molecule has 1 aliphatic rings. The van der Waals surface area contributed by atoms with Crippen LogP contribution in [0.3, 0.4) is 0 Å². The van der Waals surface area contributed by atoms with Crippen LogP contribution in [0, 0.1) is 0 Å². The van der Waals surface area contributed by atoms with Crippen molar-refractivity contribution in [1.29, 1.82) is 0 Å². The third kappa shape index (κ3) is 1.78. The minimum atomic E-state index is 0.670. The van der Waals surface area contributed by atoms with Crippen LogP contribution in [0.2, 0.25) is 0 Å². The third-order valence-corrected chi connectivity index (χ3v) is 5.22. The van der Waals surface area contributed by atoms with Gasteiger partial charge < -0.3 is 15.2 Å². The van der Waals surface area contributed by atoms with Gasteiger partial charge in [0.15, 0.2) is 11.5 Å². The number of pyridine rings is 1. The van der Waals surface area contributed by atoms with E-state index in [-0.39, 0.29) is 0 Å². The summed E-state index contributed by atoms with van der Waals surface area (Å²) < 4.78 is 10.8. The van der Waals surface area contributed by atoms with Crippen LogP contribution in [0.1, 0.15) is 10.4 Å². The largest absolute Gasteiger partial charge is 0.493 e. The zero-order chi connectivity index (χ0) is 15.3. The molecule has 0 saturated carbocycles. The highest BCUT2D eigenvalue weighted by Crippen LogP contribution is 2.42. The molecule has 5 heteroatoms. The van der Waals surface area contributed by atoms with Gasteiger partial charge in [-0.2, -0.15) is 0 Å². The van der Waals surface area contributed by atoms with E-state index in [1.54, 1.807) is 25.6 Å². The number of nitrogens with two attached hydrogens (primary N) is 1. The average molecular weight is 312 g/mol. The molecule has 4 rings (SSSR count). The molecule has 0 amide bonds. The van der Waals surface area contributed by atoms with Crippen LogP contribution >= 0.6 is 11.3 Å². The number of ether oxygens (including phenoxy) is 2. The Morgan fingerprint density at radius 1 is 1.14 bits per heavy atom. The number of nitrogen functional groups attached to an aromatic ring is 1. The number of anilines is 1. The lowest BCUT2D eigenvalue weighted by molar-refractivity contribution is 0.356. The van der Waals surface area contributed by atoms with Crippen molar-refractivity contribution in [1.82, 2.24) is 4.98 Å². The summed E-state index contributed by atoms with van der Waals surface area (Å²) in [6.45, 7) is 0. The average Bonchev–Trinajstić information content (AvgIpc) is 3.03. The van der Waals surface area contributed by atoms with Gasteiger partial charge in [0, 0.05) is 33.1 Å². The van der Waals surface area contributed by atoms with E-state index in [1.165, 1.54) is 10.4 Å². The van der Waals surface area contributed by atoms with Gasteiger partial charge in [0.2, 0.25) is 0 Å². The quantitative estimate of drug-likeness (QED) is 0.784. The number of hydrogen-bond donors (Lipinski definition) is 1. The molecule has 2 heterocycles. The number of aryl methyl sites for hydroxylation is 1. The van der Waals surface area contributed by atoms with Gasteiger partial charge in [-0.1, -0.05) is 0 Å². The second-order valence-corrected chi connectivity index (χ2v) is 6.34. The molecule has 0 aliphatic heterocycles. The highest BCUT2D eigenvalue weighted by molar-refractivity contribution is 7.10. The Bertz CT molecular complexity index is 886. The van der Waals surface area contributed by atoms with Crippen LogP contribution in [0.5, 0.6) is 11.5 Å². The van der Waals surface area contributed by atoms with E-state index in [2.05, 4.69) is 11.4 Å². The number of methoxy groups -OCH3 is 2. The zero-order valence-corrected chi connectivity index (χ0v) is 13.3. The summed E-state index contributed by atoms with van der Waals surface area (Å²) in [6, 6.07) is 5.95. The zero-order valence-electron chi connectivity index (χ0n) is 12.5. The number of nitrogens with zero attached hydrogens (tertiary/aromatic N) is 1. The van der Waals surface area contributed by atoms with Crippen molar-refractivity contribution in [3.8, 4) is 22.8 Å². The van der Waals surface area contributed by atoms with E-state index < -0.39 is 0 Å². The SMILES string of the molecule is COc1cc2nc3c(c(N)c2cc1OC)CCc1sccc1-3. The second-order valence-electron chi connectivity index (χ2n) is 5.33. The Morgan fingerprint density at radius 3 is 2.68 bits per heavy atom. The molecule has 0 saturated heterocycles. The molecule has 0 atom stereocenters. The molecule has 0 spiro atoms. The van der Waals surface area contributed by atoms with Crippen LogP contribution in [0.15, 0.2) is 23.6 Å². The predicted molar refractivity (Wildman–Crippen MR) is 90.0 cm³/mol. The molecular formula is C17H16N2O2S. The Labute approximate surface area is 132 Å². The lowest BCUT2D eigenvalue weighted by atomic mass is 9.92. The number of benzene rings is 1. The normalized spacial score (nSPS) is 12.8. The van der Waals surface area contributed by atoms with Gasteiger partial charge in [-0.25, -0.2) is 4.98 Å². The molecule has 0 unspecified atom stereocenters. The van der Waals surface area contributed by atoms with E-state index in [0.29, 0.717) is 11.5 Å². The Balaban J connectivity index is 2.05. The van der Waals surface area contributed by atoms with Gasteiger partial charge in [0.25, 0.3) is 0 Å². The Morgan fingerprint density at radius 2 is 1.91 bits per heavy atom. The van der Waals surface area contributed by atoms with E-state index >= 15 is 0 Å². The Hall–Kier alpha value is -2.27. The summed E-state index contributed by atoms with van der Waals surface area (Å²) in [6.07, 6.45) is 1.97. The molecule has 2 N–H and O–H groups in total. The first-order valence-electron chi connectivity index (χ1n) is 7.13. The summed E-state index contributed by atoms with van der Waals surface area (Å²) in [4.78, 5) is 6.25. The summed E-state index contributed by atoms with van der Waals surface area (Å²) in [7, 11) is 3.26. The molecule has 0 fully saturated rings. The number of thiophene rings is 1. The number of fused-ring (bicyclic) bond motifs is 4. The lowest BCUT2D eigenvalue weighted by Crippen LogP contribution is -2.08. The van der Waals surface area contributed by atoms with E-state index in [4.69, 9.17) is 20.2 Å². The minimum Gasteiger partial charge on any atom is -0.493 e. The molecule has 1 aliphatic carbocycles. The fourth-order valence-electron chi connectivity index (χ4n) is 3.11. The summed E-state index contributed by atoms with van der Waals surface area (Å²) in [5, 5.41) is 3.05. The van der Waals surface area contributed by atoms with Gasteiger partial charge in [-0.05, 0) is 30.4 Å². The van der Waals surface area contributed by atoms with Gasteiger partial charge >= 0.3 is 0 Å². The fourth-order valence-corrected chi connectivity index (χ4v) is 3.99. The highest BCUT2D eigenvalue weighted by atomic mass is 32.1. The first-order valence-corrected chi connectivity index (χ1v) is 8.01. The molecular weight excluding hydrogens is 296 g/mol. The van der Waals surface area contributed by atoms with E-state index in [9.17, 15) is 0 Å². The standard InChI is InChI=1S/C17H16N2O2S/c1-20-13-7-11-12(8-14(13)21-2)19-17-9-5-6-22-15(9)4-3-10(17)16(11)18/h5-8H,3-4H2,1-2H3,(H2,18,19). The molecule has 3 aromatic rings. The lowest BCUT2D eigenvalue weighted by Gasteiger charge is -2.20. The number of aromatic nitrogens is 1. The summed E-state index contributed by atoms with van der Waals surface area (Å²) >= 11 is 1.79. The van der Waals surface area contributed by atoms with Crippen molar-refractivity contribution >= 4 is 27.9 Å². The van der Waals surface area contributed by atoms with Crippen molar-refractivity contribution in [2.24, 2.45) is 0 Å². The summed E-state index contributed by atoms with van der Waals surface area (Å²) in [5.41, 5.74) is 11.5. The molecule has 0 radical (unpaired) electrons. The van der Waals surface area contributed by atoms with Crippen molar-refractivity contribution in [3.05, 3.63) is 34.0 Å². The summed E-state index contributed by atoms with van der Waals surface area (Å²) in [5.74, 6) is 1.35. The van der Waals surface area contributed by atoms with Crippen molar-refractivity contribution in [3.63, 3.8) is 0 Å². The van der Waals surface area contributed by atoms with Crippen LogP contribution < -0.4 is 15.2 Å². The van der Waals surface area contributed by atoms with Gasteiger partial charge in [-0.3, -0.25) is 0 Å². The van der Waals surface area contributed by atoms with Crippen LogP contribution in [0.25, 0.3) is 22.2 Å². The van der Waals surface area contributed by atoms with Gasteiger partial charge in [-0.15, -0.1) is 11.3 Å². The first-order chi connectivity index (χ1) is 10.7. The Kier molecular flexibility index (Phi) is 2.97. The van der Waals surface area contributed by atoms with Crippen molar-refractivity contribution in [2.75, 3.05) is 20.0 Å². The van der Waals surface area contributed by atoms with E-state index in [0.717, 1.165) is 40.7 Å². The maximum Gasteiger partial charge on any atom is 0.162 e. The topological polar surface area (TPSA) is 57.4 Å². The number of rotatable bonds is 2.